The van der Waals surface area contributed by atoms with Crippen LogP contribution in [0.3, 0.4) is 0 Å². The molecule has 8 nitrogen and oxygen atoms in total. The average molecular weight is 368 g/mol. The summed E-state index contributed by atoms with van der Waals surface area (Å²) in [6.07, 6.45) is 2.45. The van der Waals surface area contributed by atoms with Crippen molar-refractivity contribution < 1.29 is 9.21 Å². The van der Waals surface area contributed by atoms with Gasteiger partial charge in [0.1, 0.15) is 17.7 Å². The van der Waals surface area contributed by atoms with E-state index < -0.39 is 0 Å². The van der Waals surface area contributed by atoms with Gasteiger partial charge in [0.25, 0.3) is 0 Å². The number of aromatic nitrogens is 3. The van der Waals surface area contributed by atoms with Gasteiger partial charge >= 0.3 is 6.03 Å². The summed E-state index contributed by atoms with van der Waals surface area (Å²) in [5, 5.41) is 12.2. The van der Waals surface area contributed by atoms with Gasteiger partial charge in [-0.3, -0.25) is 0 Å². The molecule has 1 aromatic carbocycles. The van der Waals surface area contributed by atoms with Crippen LogP contribution in [0.5, 0.6) is 0 Å². The number of aryl methyl sites for hydroxylation is 2. The summed E-state index contributed by atoms with van der Waals surface area (Å²) in [5.74, 6) is 1.76. The molecule has 1 aliphatic heterocycles. The zero-order valence-electron chi connectivity index (χ0n) is 15.7. The van der Waals surface area contributed by atoms with Crippen LogP contribution in [0.25, 0.3) is 11.0 Å². The van der Waals surface area contributed by atoms with Crippen molar-refractivity contribution in [1.82, 2.24) is 25.0 Å². The van der Waals surface area contributed by atoms with Crippen LogP contribution >= 0.6 is 0 Å². The van der Waals surface area contributed by atoms with E-state index in [-0.39, 0.29) is 6.03 Å². The summed E-state index contributed by atoms with van der Waals surface area (Å²) >= 11 is 0. The standard InChI is InChI=1S/C19H24N6O2/c1-14-15(16-5-3-4-6-17(16)27-14)7-8-20-19(26)25-11-9-24(10-12-25)18-22-21-13-23(18)2/h3-6,13H,7-12H2,1-2H3,(H,20,26). The molecule has 0 atom stereocenters. The fraction of sp³-hybridized carbons (Fsp3) is 0.421. The van der Waals surface area contributed by atoms with Gasteiger partial charge in [0.2, 0.25) is 5.95 Å². The van der Waals surface area contributed by atoms with Crippen LogP contribution in [-0.4, -0.2) is 58.4 Å². The summed E-state index contributed by atoms with van der Waals surface area (Å²) in [5.41, 5.74) is 2.06. The highest BCUT2D eigenvalue weighted by molar-refractivity contribution is 5.82. The molecule has 1 N–H and O–H groups in total. The van der Waals surface area contributed by atoms with E-state index in [0.717, 1.165) is 47.8 Å². The highest BCUT2D eigenvalue weighted by Gasteiger charge is 2.23. The van der Waals surface area contributed by atoms with Gasteiger partial charge < -0.3 is 24.1 Å². The Morgan fingerprint density at radius 3 is 2.74 bits per heavy atom. The van der Waals surface area contributed by atoms with Crippen molar-refractivity contribution in [2.75, 3.05) is 37.6 Å². The number of carbonyl (C=O) groups excluding carboxylic acids is 1. The Bertz CT molecular complexity index is 939. The summed E-state index contributed by atoms with van der Waals surface area (Å²) in [7, 11) is 1.93. The van der Waals surface area contributed by atoms with Crippen molar-refractivity contribution in [1.29, 1.82) is 0 Å². The number of anilines is 1. The molecule has 2 aromatic heterocycles. The van der Waals surface area contributed by atoms with E-state index >= 15 is 0 Å². The van der Waals surface area contributed by atoms with Crippen LogP contribution in [0.2, 0.25) is 0 Å². The Balaban J connectivity index is 1.29. The lowest BCUT2D eigenvalue weighted by Gasteiger charge is -2.34. The second-order valence-corrected chi connectivity index (χ2v) is 6.83. The maximum absolute atomic E-state index is 12.5. The molecule has 4 rings (SSSR count). The van der Waals surface area contributed by atoms with Crippen LogP contribution < -0.4 is 10.2 Å². The van der Waals surface area contributed by atoms with Crippen LogP contribution in [0, 0.1) is 6.92 Å². The van der Waals surface area contributed by atoms with E-state index in [1.807, 2.05) is 41.6 Å². The number of carbonyl (C=O) groups is 1. The first-order valence-electron chi connectivity index (χ1n) is 9.22. The number of amides is 2. The largest absolute Gasteiger partial charge is 0.461 e. The smallest absolute Gasteiger partial charge is 0.317 e. The Kier molecular flexibility index (Phi) is 4.70. The van der Waals surface area contributed by atoms with Crippen LogP contribution in [0.15, 0.2) is 35.0 Å². The van der Waals surface area contributed by atoms with Crippen LogP contribution in [0.1, 0.15) is 11.3 Å². The van der Waals surface area contributed by atoms with E-state index in [4.69, 9.17) is 4.42 Å². The molecule has 1 saturated heterocycles. The van der Waals surface area contributed by atoms with E-state index in [2.05, 4.69) is 26.5 Å². The molecule has 0 spiro atoms. The average Bonchev–Trinajstić information content (AvgIpc) is 3.25. The number of fused-ring (bicyclic) bond motifs is 1. The minimum atomic E-state index is -0.0157. The van der Waals surface area contributed by atoms with Gasteiger partial charge in [-0.2, -0.15) is 0 Å². The molecule has 0 radical (unpaired) electrons. The Morgan fingerprint density at radius 2 is 2.00 bits per heavy atom. The maximum atomic E-state index is 12.5. The molecule has 1 aliphatic rings. The molecule has 0 unspecified atom stereocenters. The van der Waals surface area contributed by atoms with Gasteiger partial charge in [-0.05, 0) is 19.4 Å². The molecular weight excluding hydrogens is 344 g/mol. The fourth-order valence-electron chi connectivity index (χ4n) is 3.61. The normalized spacial score (nSPS) is 14.7. The maximum Gasteiger partial charge on any atom is 0.317 e. The molecular formula is C19H24N6O2. The summed E-state index contributed by atoms with van der Waals surface area (Å²) in [4.78, 5) is 16.5. The van der Waals surface area contributed by atoms with Gasteiger partial charge in [-0.15, -0.1) is 10.2 Å². The highest BCUT2D eigenvalue weighted by atomic mass is 16.3. The van der Waals surface area contributed by atoms with Crippen LogP contribution in [-0.2, 0) is 13.5 Å². The lowest BCUT2D eigenvalue weighted by molar-refractivity contribution is 0.194. The van der Waals surface area contributed by atoms with Crippen LogP contribution in [0.4, 0.5) is 10.7 Å². The lowest BCUT2D eigenvalue weighted by Crippen LogP contribution is -2.52. The first kappa shape index (κ1) is 17.4. The first-order chi connectivity index (χ1) is 13.1. The quantitative estimate of drug-likeness (QED) is 0.761. The van der Waals surface area contributed by atoms with Gasteiger partial charge in [-0.1, -0.05) is 18.2 Å². The third kappa shape index (κ3) is 3.47. The monoisotopic (exact) mass is 368 g/mol. The van der Waals surface area contributed by atoms with E-state index in [0.29, 0.717) is 19.6 Å². The SMILES string of the molecule is Cc1oc2ccccc2c1CCNC(=O)N1CCN(c2nncn2C)CC1. The Labute approximate surface area is 157 Å². The van der Waals surface area contributed by atoms with E-state index in [9.17, 15) is 4.79 Å². The van der Waals surface area contributed by atoms with Gasteiger partial charge in [-0.25, -0.2) is 4.79 Å². The van der Waals surface area contributed by atoms with Crippen molar-refractivity contribution in [3.05, 3.63) is 41.9 Å². The predicted octanol–water partition coefficient (Wildman–Crippen LogP) is 1.94. The number of hydrogen-bond acceptors (Lipinski definition) is 5. The molecule has 142 valence electrons. The zero-order valence-corrected chi connectivity index (χ0v) is 15.7. The Morgan fingerprint density at radius 1 is 1.22 bits per heavy atom. The topological polar surface area (TPSA) is 79.4 Å². The van der Waals surface area contributed by atoms with E-state index in [1.165, 1.54) is 0 Å². The molecule has 8 heteroatoms. The minimum absolute atomic E-state index is 0.0157. The number of para-hydroxylation sites is 1. The van der Waals surface area contributed by atoms with Crippen molar-refractivity contribution >= 4 is 22.9 Å². The fourth-order valence-corrected chi connectivity index (χ4v) is 3.61. The number of urea groups is 1. The molecule has 0 aliphatic carbocycles. The minimum Gasteiger partial charge on any atom is -0.461 e. The molecule has 0 bridgehead atoms. The van der Waals surface area contributed by atoms with Gasteiger partial charge in [0, 0.05) is 50.7 Å². The van der Waals surface area contributed by atoms with Gasteiger partial charge in [0.15, 0.2) is 0 Å². The zero-order chi connectivity index (χ0) is 18.8. The van der Waals surface area contributed by atoms with E-state index in [1.54, 1.807) is 6.33 Å². The number of rotatable bonds is 4. The summed E-state index contributed by atoms with van der Waals surface area (Å²) in [6, 6.07) is 8.00. The number of benzene rings is 1. The van der Waals surface area contributed by atoms with Crippen molar-refractivity contribution in [2.24, 2.45) is 7.05 Å². The first-order valence-corrected chi connectivity index (χ1v) is 9.22. The third-order valence-electron chi connectivity index (χ3n) is 5.09. The second-order valence-electron chi connectivity index (χ2n) is 6.83. The number of nitrogens with zero attached hydrogens (tertiary/aromatic N) is 5. The molecule has 27 heavy (non-hydrogen) atoms. The third-order valence-corrected chi connectivity index (χ3v) is 5.09. The second kappa shape index (κ2) is 7.30. The van der Waals surface area contributed by atoms with Crippen molar-refractivity contribution in [3.8, 4) is 0 Å². The molecule has 2 amide bonds. The van der Waals surface area contributed by atoms with Gasteiger partial charge in [0.05, 0.1) is 0 Å². The Hall–Kier alpha value is -3.03. The molecule has 1 fully saturated rings. The van der Waals surface area contributed by atoms with Crippen molar-refractivity contribution in [2.45, 2.75) is 13.3 Å². The highest BCUT2D eigenvalue weighted by Crippen LogP contribution is 2.25. The van der Waals surface area contributed by atoms with Crippen molar-refractivity contribution in [3.63, 3.8) is 0 Å². The number of piperazine rings is 1. The molecule has 3 heterocycles. The molecule has 0 saturated carbocycles. The lowest BCUT2D eigenvalue weighted by atomic mass is 10.1. The number of hydrogen-bond donors (Lipinski definition) is 1. The summed E-state index contributed by atoms with van der Waals surface area (Å²) < 4.78 is 7.68. The molecule has 3 aromatic rings. The number of furan rings is 1. The predicted molar refractivity (Wildman–Crippen MR) is 103 cm³/mol. The summed E-state index contributed by atoms with van der Waals surface area (Å²) in [6.45, 7) is 5.42. The number of nitrogens with one attached hydrogen (secondary N) is 1.